The van der Waals surface area contributed by atoms with Gasteiger partial charge in [0, 0.05) is 19.3 Å². The van der Waals surface area contributed by atoms with E-state index in [1.165, 1.54) is 31.4 Å². The SMILES string of the molecule is COC(=O)c1ccc(NC(=O)C(=O)NC[C@@H](OC)c2ccccc2C)cc1. The first-order chi connectivity index (χ1) is 13.0. The highest BCUT2D eigenvalue weighted by Gasteiger charge is 2.18. The van der Waals surface area contributed by atoms with Crippen LogP contribution in [-0.4, -0.2) is 38.5 Å². The Morgan fingerprint density at radius 2 is 1.63 bits per heavy atom. The molecule has 0 heterocycles. The highest BCUT2D eigenvalue weighted by Crippen LogP contribution is 2.19. The standard InChI is InChI=1S/C20H22N2O5/c1-13-6-4-5-7-16(13)17(26-2)12-21-18(23)19(24)22-15-10-8-14(9-11-15)20(25)27-3/h4-11,17H,12H2,1-3H3,(H,21,23)(H,22,24)/t17-/m1/s1. The maximum atomic E-state index is 12.1. The van der Waals surface area contributed by atoms with Crippen molar-refractivity contribution in [3.63, 3.8) is 0 Å². The van der Waals surface area contributed by atoms with Gasteiger partial charge in [-0.25, -0.2) is 4.79 Å². The number of esters is 1. The Morgan fingerprint density at radius 1 is 0.963 bits per heavy atom. The van der Waals surface area contributed by atoms with E-state index in [0.717, 1.165) is 11.1 Å². The Morgan fingerprint density at radius 3 is 2.22 bits per heavy atom. The van der Waals surface area contributed by atoms with E-state index < -0.39 is 17.8 Å². The van der Waals surface area contributed by atoms with E-state index in [2.05, 4.69) is 15.4 Å². The van der Waals surface area contributed by atoms with Crippen LogP contribution in [0.2, 0.25) is 0 Å². The Labute approximate surface area is 157 Å². The quantitative estimate of drug-likeness (QED) is 0.601. The van der Waals surface area contributed by atoms with Crippen molar-refractivity contribution in [1.29, 1.82) is 0 Å². The topological polar surface area (TPSA) is 93.7 Å². The predicted molar refractivity (Wildman–Crippen MR) is 100 cm³/mol. The molecule has 0 aromatic heterocycles. The molecule has 142 valence electrons. The van der Waals surface area contributed by atoms with E-state index in [-0.39, 0.29) is 12.6 Å². The second-order valence-electron chi connectivity index (χ2n) is 5.81. The van der Waals surface area contributed by atoms with E-state index in [0.29, 0.717) is 11.3 Å². The van der Waals surface area contributed by atoms with E-state index in [4.69, 9.17) is 4.74 Å². The number of benzene rings is 2. The number of nitrogens with one attached hydrogen (secondary N) is 2. The van der Waals surface area contributed by atoms with E-state index in [1.54, 1.807) is 7.11 Å². The van der Waals surface area contributed by atoms with Gasteiger partial charge < -0.3 is 20.1 Å². The average Bonchev–Trinajstić information content (AvgIpc) is 2.69. The molecule has 7 nitrogen and oxygen atoms in total. The minimum absolute atomic E-state index is 0.162. The summed E-state index contributed by atoms with van der Waals surface area (Å²) >= 11 is 0. The lowest BCUT2D eigenvalue weighted by atomic mass is 10.0. The summed E-state index contributed by atoms with van der Waals surface area (Å²) in [7, 11) is 2.83. The fraction of sp³-hybridized carbons (Fsp3) is 0.250. The third-order valence-corrected chi connectivity index (χ3v) is 4.04. The number of ether oxygens (including phenoxy) is 2. The Kier molecular flexibility index (Phi) is 7.08. The lowest BCUT2D eigenvalue weighted by Crippen LogP contribution is -2.38. The molecule has 2 aromatic rings. The van der Waals surface area contributed by atoms with Gasteiger partial charge in [-0.3, -0.25) is 9.59 Å². The van der Waals surface area contributed by atoms with Crippen LogP contribution >= 0.6 is 0 Å². The molecule has 2 aromatic carbocycles. The fourth-order valence-electron chi connectivity index (χ4n) is 2.53. The third kappa shape index (κ3) is 5.39. The van der Waals surface area contributed by atoms with Crippen LogP contribution in [0.4, 0.5) is 5.69 Å². The predicted octanol–water partition coefficient (Wildman–Crippen LogP) is 2.22. The summed E-state index contributed by atoms with van der Waals surface area (Å²) in [6.07, 6.45) is -0.359. The smallest absolute Gasteiger partial charge is 0.337 e. The minimum atomic E-state index is -0.805. The zero-order chi connectivity index (χ0) is 19.8. The largest absolute Gasteiger partial charge is 0.465 e. The molecule has 0 spiro atoms. The summed E-state index contributed by atoms with van der Waals surface area (Å²) in [6.45, 7) is 2.11. The molecular weight excluding hydrogens is 348 g/mol. The molecule has 2 amide bonds. The summed E-state index contributed by atoms with van der Waals surface area (Å²) in [5, 5.41) is 5.04. The van der Waals surface area contributed by atoms with Gasteiger partial charge in [0.2, 0.25) is 0 Å². The second kappa shape index (κ2) is 9.49. The third-order valence-electron chi connectivity index (χ3n) is 4.04. The van der Waals surface area contributed by atoms with E-state index in [1.807, 2.05) is 31.2 Å². The van der Waals surface area contributed by atoms with Crippen LogP contribution in [-0.2, 0) is 19.1 Å². The molecule has 0 radical (unpaired) electrons. The summed E-state index contributed by atoms with van der Waals surface area (Å²) in [5.41, 5.74) is 2.72. The molecule has 0 bridgehead atoms. The molecular formula is C20H22N2O5. The number of carbonyl (C=O) groups is 3. The first-order valence-electron chi connectivity index (χ1n) is 8.32. The number of amides is 2. The number of aryl methyl sites for hydroxylation is 1. The molecule has 0 unspecified atom stereocenters. The van der Waals surface area contributed by atoms with Crippen LogP contribution in [0.25, 0.3) is 0 Å². The minimum Gasteiger partial charge on any atom is -0.465 e. The summed E-state index contributed by atoms with van der Waals surface area (Å²) in [5.74, 6) is -2.06. The van der Waals surface area contributed by atoms with Crippen LogP contribution in [0.5, 0.6) is 0 Å². The molecule has 2 N–H and O–H groups in total. The van der Waals surface area contributed by atoms with Gasteiger partial charge in [0.25, 0.3) is 0 Å². The number of hydrogen-bond donors (Lipinski definition) is 2. The molecule has 0 saturated carbocycles. The average molecular weight is 370 g/mol. The van der Waals surface area contributed by atoms with Gasteiger partial charge in [-0.05, 0) is 42.3 Å². The van der Waals surface area contributed by atoms with Gasteiger partial charge in [0.15, 0.2) is 0 Å². The van der Waals surface area contributed by atoms with Crippen LogP contribution in [0, 0.1) is 6.92 Å². The highest BCUT2D eigenvalue weighted by atomic mass is 16.5. The zero-order valence-electron chi connectivity index (χ0n) is 15.4. The lowest BCUT2D eigenvalue weighted by Gasteiger charge is -2.18. The van der Waals surface area contributed by atoms with Crippen LogP contribution in [0.1, 0.15) is 27.6 Å². The van der Waals surface area contributed by atoms with Crippen molar-refractivity contribution >= 4 is 23.5 Å². The second-order valence-corrected chi connectivity index (χ2v) is 5.81. The van der Waals surface area contributed by atoms with Gasteiger partial charge in [0.05, 0.1) is 18.8 Å². The van der Waals surface area contributed by atoms with E-state index >= 15 is 0 Å². The Balaban J connectivity index is 1.92. The fourth-order valence-corrected chi connectivity index (χ4v) is 2.53. The molecule has 1 atom stereocenters. The number of hydrogen-bond acceptors (Lipinski definition) is 5. The molecule has 7 heteroatoms. The van der Waals surface area contributed by atoms with Crippen molar-refractivity contribution < 1.29 is 23.9 Å². The maximum Gasteiger partial charge on any atom is 0.337 e. The zero-order valence-corrected chi connectivity index (χ0v) is 15.4. The van der Waals surface area contributed by atoms with Crippen molar-refractivity contribution in [2.75, 3.05) is 26.1 Å². The number of carbonyl (C=O) groups excluding carboxylic acids is 3. The van der Waals surface area contributed by atoms with Crippen molar-refractivity contribution in [2.45, 2.75) is 13.0 Å². The van der Waals surface area contributed by atoms with Gasteiger partial charge in [0.1, 0.15) is 0 Å². The Bertz CT molecular complexity index is 817. The normalized spacial score (nSPS) is 11.4. The number of rotatable bonds is 6. The molecule has 27 heavy (non-hydrogen) atoms. The van der Waals surface area contributed by atoms with Crippen LogP contribution in [0.3, 0.4) is 0 Å². The first-order valence-corrected chi connectivity index (χ1v) is 8.32. The number of anilines is 1. The molecule has 0 aliphatic carbocycles. The van der Waals surface area contributed by atoms with Crippen molar-refractivity contribution in [3.05, 3.63) is 65.2 Å². The summed E-state index contributed by atoms with van der Waals surface area (Å²) in [6, 6.07) is 13.7. The van der Waals surface area contributed by atoms with Gasteiger partial charge in [-0.1, -0.05) is 24.3 Å². The van der Waals surface area contributed by atoms with Gasteiger partial charge >= 0.3 is 17.8 Å². The lowest BCUT2D eigenvalue weighted by molar-refractivity contribution is -0.136. The van der Waals surface area contributed by atoms with Crippen molar-refractivity contribution in [3.8, 4) is 0 Å². The van der Waals surface area contributed by atoms with Gasteiger partial charge in [-0.2, -0.15) is 0 Å². The monoisotopic (exact) mass is 370 g/mol. The van der Waals surface area contributed by atoms with E-state index in [9.17, 15) is 14.4 Å². The Hall–Kier alpha value is -3.19. The molecule has 0 fully saturated rings. The van der Waals surface area contributed by atoms with Crippen molar-refractivity contribution in [1.82, 2.24) is 5.32 Å². The molecule has 0 saturated heterocycles. The molecule has 0 aliphatic heterocycles. The van der Waals surface area contributed by atoms with Crippen LogP contribution < -0.4 is 10.6 Å². The van der Waals surface area contributed by atoms with Gasteiger partial charge in [-0.15, -0.1) is 0 Å². The van der Waals surface area contributed by atoms with Crippen molar-refractivity contribution in [2.24, 2.45) is 0 Å². The first kappa shape index (κ1) is 20.1. The maximum absolute atomic E-state index is 12.1. The molecule has 2 rings (SSSR count). The summed E-state index contributed by atoms with van der Waals surface area (Å²) in [4.78, 5) is 35.5. The number of methoxy groups -OCH3 is 2. The highest BCUT2D eigenvalue weighted by molar-refractivity contribution is 6.39. The summed E-state index contributed by atoms with van der Waals surface area (Å²) < 4.78 is 10.0. The molecule has 0 aliphatic rings. The van der Waals surface area contributed by atoms with Crippen LogP contribution in [0.15, 0.2) is 48.5 Å².